The predicted octanol–water partition coefficient (Wildman–Crippen LogP) is 6.86. The molecule has 2 aliphatic rings. The van der Waals surface area contributed by atoms with Crippen LogP contribution in [0.3, 0.4) is 0 Å². The first kappa shape index (κ1) is 18.9. The minimum Gasteiger partial charge on any atom is -0.342 e. The number of halogens is 2. The fourth-order valence-corrected chi connectivity index (χ4v) is 5.73. The maximum absolute atomic E-state index is 13.9. The molecule has 0 saturated heterocycles. The van der Waals surface area contributed by atoms with Crippen molar-refractivity contribution in [1.82, 2.24) is 15.0 Å². The first-order valence-electron chi connectivity index (χ1n) is 11.3. The molecule has 6 rings (SSSR count). The molecule has 0 bridgehead atoms. The van der Waals surface area contributed by atoms with E-state index in [0.29, 0.717) is 23.7 Å². The molecule has 2 fully saturated rings. The Bertz CT molecular complexity index is 1250. The number of pyridine rings is 1. The molecule has 2 saturated carbocycles. The van der Waals surface area contributed by atoms with Crippen molar-refractivity contribution in [3.8, 4) is 0 Å². The average Bonchev–Trinajstić information content (AvgIpc) is 3.52. The van der Waals surface area contributed by atoms with Crippen LogP contribution in [0.4, 0.5) is 8.78 Å². The molecular formula is C26H25F2N3. The Labute approximate surface area is 179 Å². The van der Waals surface area contributed by atoms with Gasteiger partial charge >= 0.3 is 0 Å². The normalized spacial score (nSPS) is 22.8. The summed E-state index contributed by atoms with van der Waals surface area (Å²) in [6, 6.07) is 11.7. The van der Waals surface area contributed by atoms with Crippen LogP contribution in [0, 0.1) is 23.5 Å². The lowest BCUT2D eigenvalue weighted by molar-refractivity contribution is 0.259. The van der Waals surface area contributed by atoms with Crippen LogP contribution in [-0.4, -0.2) is 15.0 Å². The van der Waals surface area contributed by atoms with E-state index in [9.17, 15) is 8.78 Å². The molecule has 5 heteroatoms. The summed E-state index contributed by atoms with van der Waals surface area (Å²) in [6.07, 6.45) is 8.82. The summed E-state index contributed by atoms with van der Waals surface area (Å²) in [5.41, 5.74) is 3.73. The molecule has 2 aromatic carbocycles. The molecule has 3 nitrogen and oxygen atoms in total. The Hall–Kier alpha value is -2.82. The van der Waals surface area contributed by atoms with Gasteiger partial charge < -0.3 is 4.98 Å². The number of H-pyrrole nitrogens is 1. The molecule has 2 heterocycles. The number of fused-ring (bicyclic) bond motifs is 2. The van der Waals surface area contributed by atoms with Crippen LogP contribution in [0.1, 0.15) is 61.7 Å². The Balaban J connectivity index is 1.25. The van der Waals surface area contributed by atoms with Crippen LogP contribution < -0.4 is 0 Å². The number of hydrogen-bond acceptors (Lipinski definition) is 2. The fraction of sp³-hybridized carbons (Fsp3) is 0.385. The highest BCUT2D eigenvalue weighted by Crippen LogP contribution is 2.51. The molecule has 158 valence electrons. The van der Waals surface area contributed by atoms with Gasteiger partial charge in [-0.1, -0.05) is 0 Å². The zero-order valence-electron chi connectivity index (χ0n) is 17.3. The molecule has 4 aromatic rings. The summed E-state index contributed by atoms with van der Waals surface area (Å²) >= 11 is 0. The number of benzene rings is 2. The Kier molecular flexibility index (Phi) is 4.51. The summed E-state index contributed by atoms with van der Waals surface area (Å²) in [4.78, 5) is 12.7. The highest BCUT2D eigenvalue weighted by atomic mass is 19.1. The number of hydrogen-bond donors (Lipinski definition) is 1. The predicted molar refractivity (Wildman–Crippen MR) is 118 cm³/mol. The largest absolute Gasteiger partial charge is 0.342 e. The third-order valence-corrected chi connectivity index (χ3v) is 7.37. The van der Waals surface area contributed by atoms with Gasteiger partial charge in [0, 0.05) is 23.6 Å². The molecule has 2 aliphatic carbocycles. The number of imidazole rings is 1. The quantitative estimate of drug-likeness (QED) is 0.394. The van der Waals surface area contributed by atoms with Crippen molar-refractivity contribution in [2.24, 2.45) is 11.8 Å². The Morgan fingerprint density at radius 2 is 1.52 bits per heavy atom. The number of rotatable bonds is 4. The van der Waals surface area contributed by atoms with Crippen molar-refractivity contribution in [2.75, 3.05) is 0 Å². The standard InChI is InChI=1S/C26H25F2N3/c27-18-7-9-22-21(13-18)20(11-12-29-22)15-1-3-16(4-2-15)25(17-5-6-17)26-30-23-10-8-19(28)14-24(23)31-26/h7-17,25H,1-6H2,(H,30,31)/t15-,16+,25-/m0/s1. The zero-order chi connectivity index (χ0) is 20.9. The number of nitrogens with zero attached hydrogens (tertiary/aromatic N) is 2. The third kappa shape index (κ3) is 3.50. The zero-order valence-corrected chi connectivity index (χ0v) is 17.3. The van der Waals surface area contributed by atoms with E-state index in [1.54, 1.807) is 18.2 Å². The van der Waals surface area contributed by atoms with E-state index in [4.69, 9.17) is 4.98 Å². The van der Waals surface area contributed by atoms with Crippen molar-refractivity contribution in [3.05, 3.63) is 71.7 Å². The summed E-state index contributed by atoms with van der Waals surface area (Å²) in [6.45, 7) is 0. The number of aromatic amines is 1. The lowest BCUT2D eigenvalue weighted by atomic mass is 9.72. The van der Waals surface area contributed by atoms with Crippen LogP contribution in [0.2, 0.25) is 0 Å². The molecule has 2 aromatic heterocycles. The Morgan fingerprint density at radius 3 is 2.29 bits per heavy atom. The Morgan fingerprint density at radius 1 is 0.806 bits per heavy atom. The number of aromatic nitrogens is 3. The highest BCUT2D eigenvalue weighted by Gasteiger charge is 2.41. The SMILES string of the molecule is Fc1ccc2[nH]c([C@H](C3CC3)[C@H]3CC[C@@H](c4ccnc5ccc(F)cc54)CC3)nc2c1. The van der Waals surface area contributed by atoms with E-state index in [2.05, 4.69) is 16.0 Å². The summed E-state index contributed by atoms with van der Waals surface area (Å²) in [7, 11) is 0. The highest BCUT2D eigenvalue weighted by molar-refractivity contribution is 5.82. The maximum Gasteiger partial charge on any atom is 0.125 e. The lowest BCUT2D eigenvalue weighted by Gasteiger charge is -2.34. The second kappa shape index (κ2) is 7.40. The van der Waals surface area contributed by atoms with Gasteiger partial charge in [0.15, 0.2) is 0 Å². The lowest BCUT2D eigenvalue weighted by Crippen LogP contribution is -2.22. The number of nitrogens with one attached hydrogen (secondary N) is 1. The van der Waals surface area contributed by atoms with E-state index < -0.39 is 0 Å². The van der Waals surface area contributed by atoms with Gasteiger partial charge in [0.2, 0.25) is 0 Å². The summed E-state index contributed by atoms with van der Waals surface area (Å²) < 4.78 is 27.5. The van der Waals surface area contributed by atoms with Gasteiger partial charge in [-0.15, -0.1) is 0 Å². The first-order chi connectivity index (χ1) is 15.2. The summed E-state index contributed by atoms with van der Waals surface area (Å²) in [5.74, 6) is 2.71. The van der Waals surface area contributed by atoms with E-state index in [-0.39, 0.29) is 11.6 Å². The summed E-state index contributed by atoms with van der Waals surface area (Å²) in [5, 5.41) is 0.948. The van der Waals surface area contributed by atoms with Crippen LogP contribution in [0.15, 0.2) is 48.7 Å². The van der Waals surface area contributed by atoms with Gasteiger partial charge in [0.1, 0.15) is 17.5 Å². The monoisotopic (exact) mass is 417 g/mol. The van der Waals surface area contributed by atoms with Gasteiger partial charge in [0.25, 0.3) is 0 Å². The van der Waals surface area contributed by atoms with Crippen LogP contribution in [0.5, 0.6) is 0 Å². The second-order valence-electron chi connectivity index (χ2n) is 9.32. The third-order valence-electron chi connectivity index (χ3n) is 7.37. The van der Waals surface area contributed by atoms with Crippen molar-refractivity contribution < 1.29 is 8.78 Å². The second-order valence-corrected chi connectivity index (χ2v) is 9.32. The van der Waals surface area contributed by atoms with Gasteiger partial charge in [0.05, 0.1) is 16.6 Å². The van der Waals surface area contributed by atoms with Crippen LogP contribution in [0.25, 0.3) is 21.9 Å². The van der Waals surface area contributed by atoms with Crippen molar-refractivity contribution in [3.63, 3.8) is 0 Å². The van der Waals surface area contributed by atoms with Crippen molar-refractivity contribution >= 4 is 21.9 Å². The smallest absolute Gasteiger partial charge is 0.125 e. The topological polar surface area (TPSA) is 41.6 Å². The van der Waals surface area contributed by atoms with Crippen LogP contribution >= 0.6 is 0 Å². The molecule has 0 unspecified atom stereocenters. The maximum atomic E-state index is 13.9. The molecule has 0 radical (unpaired) electrons. The van der Waals surface area contributed by atoms with E-state index in [1.807, 2.05) is 6.20 Å². The van der Waals surface area contributed by atoms with Gasteiger partial charge in [-0.2, -0.15) is 0 Å². The molecule has 0 aliphatic heterocycles. The van der Waals surface area contributed by atoms with E-state index in [0.717, 1.165) is 53.4 Å². The molecule has 1 atom stereocenters. The molecule has 0 spiro atoms. The molecule has 31 heavy (non-hydrogen) atoms. The van der Waals surface area contributed by atoms with Gasteiger partial charge in [-0.25, -0.2) is 13.8 Å². The minimum absolute atomic E-state index is 0.203. The average molecular weight is 418 g/mol. The van der Waals surface area contributed by atoms with Gasteiger partial charge in [-0.3, -0.25) is 4.98 Å². The molecule has 0 amide bonds. The van der Waals surface area contributed by atoms with Crippen molar-refractivity contribution in [2.45, 2.75) is 50.4 Å². The molecular weight excluding hydrogens is 392 g/mol. The van der Waals surface area contributed by atoms with Crippen molar-refractivity contribution in [1.29, 1.82) is 0 Å². The fourth-order valence-electron chi connectivity index (χ4n) is 5.73. The van der Waals surface area contributed by atoms with E-state index >= 15 is 0 Å². The molecule has 1 N–H and O–H groups in total. The van der Waals surface area contributed by atoms with Crippen LogP contribution in [-0.2, 0) is 0 Å². The van der Waals surface area contributed by atoms with Gasteiger partial charge in [-0.05, 0) is 98.2 Å². The minimum atomic E-state index is -0.241. The first-order valence-corrected chi connectivity index (χ1v) is 11.3. The van der Waals surface area contributed by atoms with E-state index in [1.165, 1.54) is 36.6 Å².